The lowest BCUT2D eigenvalue weighted by atomic mass is 10.1. The molecule has 3 atom stereocenters. The van der Waals surface area contributed by atoms with E-state index in [1.54, 1.807) is 23.5 Å². The third kappa shape index (κ3) is 5.06. The van der Waals surface area contributed by atoms with E-state index < -0.39 is 9.87 Å². The van der Waals surface area contributed by atoms with Crippen molar-refractivity contribution in [2.24, 2.45) is 0 Å². The monoisotopic (exact) mass is 648 g/mol. The van der Waals surface area contributed by atoms with E-state index in [1.165, 1.54) is 13.4 Å². The fraction of sp³-hybridized carbons (Fsp3) is 0.182. The summed E-state index contributed by atoms with van der Waals surface area (Å²) in [7, 11) is 0. The fourth-order valence-corrected chi connectivity index (χ4v) is 8.36. The zero-order valence-electron chi connectivity index (χ0n) is 14.8. The zero-order valence-corrected chi connectivity index (χ0v) is 21.6. The van der Waals surface area contributed by atoms with Crippen LogP contribution in [0, 0.1) is 0 Å². The Morgan fingerprint density at radius 3 is 2.21 bits per heavy atom. The van der Waals surface area contributed by atoms with Crippen molar-refractivity contribution < 1.29 is 4.74 Å². The minimum absolute atomic E-state index is 0.223. The van der Waals surface area contributed by atoms with Crippen LogP contribution >= 0.6 is 80.5 Å². The molecule has 0 amide bonds. The predicted octanol–water partition coefficient (Wildman–Crippen LogP) is 7.93. The van der Waals surface area contributed by atoms with Crippen LogP contribution in [0.4, 0.5) is 0 Å². The molecule has 0 N–H and O–H groups in total. The quantitative estimate of drug-likeness (QED) is 0.179. The molecule has 2 aromatic rings. The van der Waals surface area contributed by atoms with Gasteiger partial charge in [-0.05, 0) is 64.4 Å². The van der Waals surface area contributed by atoms with Gasteiger partial charge in [0.25, 0.3) is 0 Å². The van der Waals surface area contributed by atoms with Gasteiger partial charge in [-0.2, -0.15) is 0 Å². The van der Waals surface area contributed by atoms with Gasteiger partial charge in [0, 0.05) is 19.1 Å². The number of hydrogen-bond acceptors (Lipinski definition) is 4. The first-order valence-corrected chi connectivity index (χ1v) is 13.8. The van der Waals surface area contributed by atoms with Crippen LogP contribution in [0.15, 0.2) is 104 Å². The average molecular weight is 648 g/mol. The van der Waals surface area contributed by atoms with E-state index in [0.29, 0.717) is 0 Å². The number of allylic oxidation sites excluding steroid dienone is 2. The molecule has 1 aliphatic heterocycles. The van der Waals surface area contributed by atoms with Crippen LogP contribution in [-0.4, -0.2) is 19.5 Å². The van der Waals surface area contributed by atoms with Crippen LogP contribution in [0.1, 0.15) is 0 Å². The number of hydrogen-bond donors (Lipinski definition) is 0. The Bertz CT molecular complexity index is 901. The molecule has 1 aliphatic carbocycles. The van der Waals surface area contributed by atoms with Gasteiger partial charge in [-0.1, -0.05) is 94.7 Å². The summed E-state index contributed by atoms with van der Waals surface area (Å²) in [5.41, 5.74) is 0. The highest BCUT2D eigenvalue weighted by Gasteiger charge is 2.47. The molecule has 3 unspecified atom stereocenters. The molecule has 1 nitrogen and oxygen atoms in total. The number of halogens is 2. The summed E-state index contributed by atoms with van der Waals surface area (Å²) in [5, 5.41) is 2.17. The Hall–Kier alpha value is 0.130. The molecule has 0 saturated carbocycles. The van der Waals surface area contributed by atoms with Gasteiger partial charge in [-0.15, -0.1) is 11.8 Å². The van der Waals surface area contributed by atoms with E-state index in [0.717, 1.165) is 5.75 Å². The second kappa shape index (κ2) is 9.51. The molecule has 0 saturated heterocycles. The second-order valence-corrected chi connectivity index (χ2v) is 12.5. The Kier molecular flexibility index (Phi) is 7.26. The Morgan fingerprint density at radius 1 is 0.964 bits per heavy atom. The summed E-state index contributed by atoms with van der Waals surface area (Å²) >= 11 is 10.3. The first-order chi connectivity index (χ1) is 13.6. The Morgan fingerprint density at radius 2 is 1.61 bits per heavy atom. The number of benzene rings is 2. The summed E-state index contributed by atoms with van der Waals surface area (Å²) in [6.07, 6.45) is 8.95. The molecular formula is C22H18I2OS3. The van der Waals surface area contributed by atoms with E-state index >= 15 is 0 Å². The Labute approximate surface area is 206 Å². The molecule has 4 rings (SSSR count). The average Bonchev–Trinajstić information content (AvgIpc) is 3.14. The van der Waals surface area contributed by atoms with Gasteiger partial charge in [0.15, 0.2) is 4.93 Å². The molecule has 0 fully saturated rings. The summed E-state index contributed by atoms with van der Waals surface area (Å²) in [4.78, 5) is 1.58. The van der Waals surface area contributed by atoms with E-state index in [2.05, 4.69) is 136 Å². The van der Waals surface area contributed by atoms with Crippen molar-refractivity contribution in [2.45, 2.75) is 23.6 Å². The lowest BCUT2D eigenvalue weighted by Crippen LogP contribution is -2.45. The predicted molar refractivity (Wildman–Crippen MR) is 142 cm³/mol. The lowest BCUT2D eigenvalue weighted by molar-refractivity contribution is 0.0171. The fourth-order valence-electron chi connectivity index (χ4n) is 2.97. The molecule has 0 aromatic heterocycles. The van der Waals surface area contributed by atoms with E-state index in [-0.39, 0.29) is 3.92 Å². The van der Waals surface area contributed by atoms with Crippen LogP contribution in [0.5, 0.6) is 0 Å². The highest BCUT2D eigenvalue weighted by molar-refractivity contribution is 14.1. The molecule has 0 spiro atoms. The smallest absolute Gasteiger partial charge is 0.155 e. The van der Waals surface area contributed by atoms with E-state index in [9.17, 15) is 0 Å². The molecule has 2 aliphatic rings. The summed E-state index contributed by atoms with van der Waals surface area (Å²) in [6.45, 7) is 0. The van der Waals surface area contributed by atoms with Crippen LogP contribution < -0.4 is 0 Å². The first-order valence-electron chi connectivity index (χ1n) is 8.77. The second-order valence-electron chi connectivity index (χ2n) is 6.37. The van der Waals surface area contributed by atoms with Gasteiger partial charge in [0.05, 0.1) is 3.92 Å². The summed E-state index contributed by atoms with van der Waals surface area (Å²) in [5.74, 6) is 0.904. The molecule has 28 heavy (non-hydrogen) atoms. The van der Waals surface area contributed by atoms with Gasteiger partial charge in [-0.25, -0.2) is 0 Å². The molecule has 6 heteroatoms. The number of alkyl halides is 1. The van der Waals surface area contributed by atoms with E-state index in [4.69, 9.17) is 4.74 Å². The third-order valence-corrected chi connectivity index (χ3v) is 10.3. The van der Waals surface area contributed by atoms with Crippen molar-refractivity contribution >= 4 is 80.5 Å². The normalized spacial score (nSPS) is 29.1. The topological polar surface area (TPSA) is 9.23 Å². The lowest BCUT2D eigenvalue weighted by Gasteiger charge is -2.42. The molecular weight excluding hydrogens is 630 g/mol. The molecule has 0 radical (unpaired) electrons. The summed E-state index contributed by atoms with van der Waals surface area (Å²) in [6, 6.07) is 21.1. The molecule has 0 bridgehead atoms. The molecule has 144 valence electrons. The molecule has 2 aromatic carbocycles. The number of ether oxygens (including phenoxy) is 1. The minimum Gasteiger partial charge on any atom is -0.337 e. The standard InChI is InChI=1S/C22H18I2OS3/c23-17-11-12-20(24)22(15-17,28-19-9-5-2-6-10-19)25-21(13-14-26-16-21)27-18-7-3-1-4-8-18/h1-15,20H,16H2. The van der Waals surface area contributed by atoms with Crippen LogP contribution in [0.2, 0.25) is 0 Å². The maximum atomic E-state index is 7.10. The highest BCUT2D eigenvalue weighted by atomic mass is 127. The van der Waals surface area contributed by atoms with Crippen molar-refractivity contribution in [1.82, 2.24) is 0 Å². The minimum atomic E-state index is -0.468. The van der Waals surface area contributed by atoms with Crippen molar-refractivity contribution in [3.63, 3.8) is 0 Å². The van der Waals surface area contributed by atoms with Crippen molar-refractivity contribution in [1.29, 1.82) is 0 Å². The SMILES string of the molecule is IC1=CC(OC2(Sc3ccccc3)C=CSC2)(Sc2ccccc2)C(I)C=C1. The Balaban J connectivity index is 1.70. The van der Waals surface area contributed by atoms with Crippen LogP contribution in [-0.2, 0) is 4.74 Å². The van der Waals surface area contributed by atoms with Crippen LogP contribution in [0.25, 0.3) is 0 Å². The van der Waals surface area contributed by atoms with Gasteiger partial charge in [-0.3, -0.25) is 0 Å². The maximum Gasteiger partial charge on any atom is 0.155 e. The van der Waals surface area contributed by atoms with Crippen molar-refractivity contribution in [2.75, 3.05) is 5.75 Å². The van der Waals surface area contributed by atoms with Gasteiger partial charge in [0.2, 0.25) is 0 Å². The maximum absolute atomic E-state index is 7.10. The van der Waals surface area contributed by atoms with Gasteiger partial charge >= 0.3 is 0 Å². The van der Waals surface area contributed by atoms with Gasteiger partial charge in [0.1, 0.15) is 4.93 Å². The van der Waals surface area contributed by atoms with Crippen LogP contribution in [0.3, 0.4) is 0 Å². The largest absolute Gasteiger partial charge is 0.337 e. The van der Waals surface area contributed by atoms with Crippen molar-refractivity contribution in [3.05, 3.63) is 94.0 Å². The zero-order chi connectivity index (χ0) is 19.5. The molecule has 1 heterocycles. The third-order valence-electron chi connectivity index (χ3n) is 4.24. The number of thioether (sulfide) groups is 3. The van der Waals surface area contributed by atoms with E-state index in [1.807, 2.05) is 11.8 Å². The number of rotatable bonds is 6. The van der Waals surface area contributed by atoms with Gasteiger partial charge < -0.3 is 4.74 Å². The van der Waals surface area contributed by atoms with Crippen molar-refractivity contribution in [3.8, 4) is 0 Å². The summed E-state index contributed by atoms with van der Waals surface area (Å²) < 4.78 is 8.53. The highest BCUT2D eigenvalue weighted by Crippen LogP contribution is 2.52. The first kappa shape index (κ1) is 21.4.